The predicted octanol–water partition coefficient (Wildman–Crippen LogP) is 2.61. The summed E-state index contributed by atoms with van der Waals surface area (Å²) in [6, 6.07) is 7.62. The predicted molar refractivity (Wildman–Crippen MR) is 91.3 cm³/mol. The molecule has 0 spiro atoms. The van der Waals surface area contributed by atoms with Gasteiger partial charge in [-0.2, -0.15) is 4.98 Å². The van der Waals surface area contributed by atoms with Crippen LogP contribution in [0.5, 0.6) is 5.75 Å². The molecule has 0 radical (unpaired) electrons. The fourth-order valence-electron chi connectivity index (χ4n) is 2.97. The maximum atomic E-state index is 12.0. The van der Waals surface area contributed by atoms with Crippen LogP contribution >= 0.6 is 0 Å². The fraction of sp³-hybridized carbons (Fsp3) is 0.500. The Morgan fingerprint density at radius 2 is 2.12 bits per heavy atom. The number of aromatic nitrogens is 2. The van der Waals surface area contributed by atoms with Crippen LogP contribution in [0, 0.1) is 0 Å². The Labute approximate surface area is 146 Å². The highest BCUT2D eigenvalue weighted by atomic mass is 16.5. The van der Waals surface area contributed by atoms with Gasteiger partial charge in [0.05, 0.1) is 0 Å². The number of hydrogen-bond donors (Lipinski definition) is 2. The number of anilines is 1. The molecular formula is C18H22N4O3. The SMILES string of the molecule is O=C(CC1CCCN1)Nc1ccc(OCc2noc(C3CC3)n2)cc1. The first kappa shape index (κ1) is 16.1. The summed E-state index contributed by atoms with van der Waals surface area (Å²) < 4.78 is 10.9. The van der Waals surface area contributed by atoms with Gasteiger partial charge in [0.1, 0.15) is 5.75 Å². The maximum Gasteiger partial charge on any atom is 0.229 e. The lowest BCUT2D eigenvalue weighted by Gasteiger charge is -2.11. The molecule has 0 bridgehead atoms. The minimum atomic E-state index is 0.0347. The second-order valence-electron chi connectivity index (χ2n) is 6.68. The summed E-state index contributed by atoms with van der Waals surface area (Å²) in [6.07, 6.45) is 4.99. The number of nitrogens with one attached hydrogen (secondary N) is 2. The Balaban J connectivity index is 1.25. The van der Waals surface area contributed by atoms with Crippen molar-refractivity contribution in [1.82, 2.24) is 15.5 Å². The average molecular weight is 342 g/mol. The van der Waals surface area contributed by atoms with Crippen molar-refractivity contribution in [2.24, 2.45) is 0 Å². The van der Waals surface area contributed by atoms with Crippen LogP contribution in [0.3, 0.4) is 0 Å². The summed E-state index contributed by atoms with van der Waals surface area (Å²) in [7, 11) is 0. The Hall–Kier alpha value is -2.41. The molecule has 1 aliphatic heterocycles. The molecule has 7 nitrogen and oxygen atoms in total. The van der Waals surface area contributed by atoms with Gasteiger partial charge in [-0.3, -0.25) is 4.79 Å². The van der Waals surface area contributed by atoms with Crippen molar-refractivity contribution < 1.29 is 14.1 Å². The molecule has 1 aromatic heterocycles. The molecule has 2 fully saturated rings. The van der Waals surface area contributed by atoms with E-state index in [-0.39, 0.29) is 12.5 Å². The van der Waals surface area contributed by atoms with Crippen LogP contribution in [-0.4, -0.2) is 28.6 Å². The molecule has 1 atom stereocenters. The Morgan fingerprint density at radius 1 is 1.28 bits per heavy atom. The van der Waals surface area contributed by atoms with Gasteiger partial charge >= 0.3 is 0 Å². The number of nitrogens with zero attached hydrogens (tertiary/aromatic N) is 2. The lowest BCUT2D eigenvalue weighted by molar-refractivity contribution is -0.116. The lowest BCUT2D eigenvalue weighted by Crippen LogP contribution is -2.27. The van der Waals surface area contributed by atoms with Crippen LogP contribution < -0.4 is 15.4 Å². The molecule has 2 heterocycles. The molecule has 1 aliphatic carbocycles. The van der Waals surface area contributed by atoms with Crippen LogP contribution in [-0.2, 0) is 11.4 Å². The quantitative estimate of drug-likeness (QED) is 0.804. The summed E-state index contributed by atoms with van der Waals surface area (Å²) in [5, 5.41) is 10.2. The molecule has 1 saturated carbocycles. The largest absolute Gasteiger partial charge is 0.485 e. The molecule has 132 valence electrons. The Bertz CT molecular complexity index is 718. The van der Waals surface area contributed by atoms with Gasteiger partial charge in [0.2, 0.25) is 17.6 Å². The normalized spacial score (nSPS) is 19.8. The van der Waals surface area contributed by atoms with E-state index in [1.807, 2.05) is 24.3 Å². The van der Waals surface area contributed by atoms with E-state index in [0.717, 1.165) is 37.9 Å². The number of benzene rings is 1. The monoisotopic (exact) mass is 342 g/mol. The van der Waals surface area contributed by atoms with E-state index >= 15 is 0 Å². The van der Waals surface area contributed by atoms with E-state index in [2.05, 4.69) is 20.8 Å². The molecule has 1 saturated heterocycles. The first-order valence-electron chi connectivity index (χ1n) is 8.85. The van der Waals surface area contributed by atoms with Gasteiger partial charge in [0.15, 0.2) is 6.61 Å². The number of amides is 1. The molecule has 2 aliphatic rings. The average Bonchev–Trinajstić information content (AvgIpc) is 3.14. The minimum Gasteiger partial charge on any atom is -0.485 e. The molecule has 1 amide bonds. The fourth-order valence-corrected chi connectivity index (χ4v) is 2.97. The van der Waals surface area contributed by atoms with E-state index in [9.17, 15) is 4.79 Å². The second-order valence-corrected chi connectivity index (χ2v) is 6.68. The summed E-state index contributed by atoms with van der Waals surface area (Å²) in [5.41, 5.74) is 0.769. The van der Waals surface area contributed by atoms with Gasteiger partial charge in [-0.15, -0.1) is 0 Å². The highest BCUT2D eigenvalue weighted by Crippen LogP contribution is 2.38. The van der Waals surface area contributed by atoms with Gasteiger partial charge in [-0.05, 0) is 56.5 Å². The molecule has 4 rings (SSSR count). The lowest BCUT2D eigenvalue weighted by atomic mass is 10.1. The van der Waals surface area contributed by atoms with Crippen LogP contribution in [0.1, 0.15) is 49.7 Å². The zero-order chi connectivity index (χ0) is 17.1. The van der Waals surface area contributed by atoms with E-state index < -0.39 is 0 Å². The number of hydrogen-bond acceptors (Lipinski definition) is 6. The molecule has 2 aromatic rings. The van der Waals surface area contributed by atoms with Crippen LogP contribution in [0.15, 0.2) is 28.8 Å². The molecular weight excluding hydrogens is 320 g/mol. The summed E-state index contributed by atoms with van der Waals surface area (Å²) >= 11 is 0. The molecule has 2 N–H and O–H groups in total. The Kier molecular flexibility index (Phi) is 4.65. The molecule has 1 aromatic carbocycles. The summed E-state index contributed by atoms with van der Waals surface area (Å²) in [6.45, 7) is 1.28. The smallest absolute Gasteiger partial charge is 0.229 e. The molecule has 7 heteroatoms. The van der Waals surface area contributed by atoms with Crippen LogP contribution in [0.2, 0.25) is 0 Å². The summed E-state index contributed by atoms with van der Waals surface area (Å²) in [5.74, 6) is 2.46. The number of carbonyl (C=O) groups is 1. The maximum absolute atomic E-state index is 12.0. The van der Waals surface area contributed by atoms with Gasteiger partial charge in [0, 0.05) is 24.1 Å². The van der Waals surface area contributed by atoms with Crippen molar-refractivity contribution in [1.29, 1.82) is 0 Å². The first-order valence-corrected chi connectivity index (χ1v) is 8.85. The third kappa shape index (κ3) is 4.36. The van der Waals surface area contributed by atoms with Crippen LogP contribution in [0.25, 0.3) is 0 Å². The first-order chi connectivity index (χ1) is 12.3. The third-order valence-electron chi connectivity index (χ3n) is 4.51. The van der Waals surface area contributed by atoms with Gasteiger partial charge in [-0.25, -0.2) is 0 Å². The standard InChI is InChI=1S/C18H22N4O3/c23-17(10-14-2-1-9-19-14)20-13-5-7-15(8-6-13)24-11-16-21-18(25-22-16)12-3-4-12/h5-8,12,14,19H,1-4,9-11H2,(H,20,23). The van der Waals surface area contributed by atoms with Crippen molar-refractivity contribution >= 4 is 11.6 Å². The highest BCUT2D eigenvalue weighted by Gasteiger charge is 2.29. The van der Waals surface area contributed by atoms with Crippen molar-refractivity contribution in [3.63, 3.8) is 0 Å². The van der Waals surface area contributed by atoms with Gasteiger partial charge < -0.3 is 19.9 Å². The van der Waals surface area contributed by atoms with Crippen molar-refractivity contribution in [2.75, 3.05) is 11.9 Å². The van der Waals surface area contributed by atoms with E-state index in [0.29, 0.717) is 35.8 Å². The van der Waals surface area contributed by atoms with Gasteiger partial charge in [0.25, 0.3) is 0 Å². The zero-order valence-corrected chi connectivity index (χ0v) is 14.0. The third-order valence-corrected chi connectivity index (χ3v) is 4.51. The molecule has 25 heavy (non-hydrogen) atoms. The number of carbonyl (C=O) groups excluding carboxylic acids is 1. The number of ether oxygens (including phenoxy) is 1. The number of rotatable bonds is 7. The minimum absolute atomic E-state index is 0.0347. The van der Waals surface area contributed by atoms with Crippen molar-refractivity contribution in [3.05, 3.63) is 36.0 Å². The van der Waals surface area contributed by atoms with E-state index in [1.54, 1.807) is 0 Å². The van der Waals surface area contributed by atoms with E-state index in [4.69, 9.17) is 9.26 Å². The Morgan fingerprint density at radius 3 is 2.84 bits per heavy atom. The van der Waals surface area contributed by atoms with Crippen molar-refractivity contribution in [3.8, 4) is 5.75 Å². The molecule has 1 unspecified atom stereocenters. The topological polar surface area (TPSA) is 89.3 Å². The highest BCUT2D eigenvalue weighted by molar-refractivity contribution is 5.91. The van der Waals surface area contributed by atoms with Gasteiger partial charge in [-0.1, -0.05) is 5.16 Å². The van der Waals surface area contributed by atoms with Crippen molar-refractivity contribution in [2.45, 2.75) is 50.7 Å². The summed E-state index contributed by atoms with van der Waals surface area (Å²) in [4.78, 5) is 16.3. The van der Waals surface area contributed by atoms with Crippen LogP contribution in [0.4, 0.5) is 5.69 Å². The second kappa shape index (κ2) is 7.23. The zero-order valence-electron chi connectivity index (χ0n) is 14.0. The van der Waals surface area contributed by atoms with E-state index in [1.165, 1.54) is 0 Å².